The Morgan fingerprint density at radius 2 is 1.66 bits per heavy atom. The van der Waals surface area contributed by atoms with Crippen LogP contribution < -0.4 is 14.8 Å². The fraction of sp³-hybridized carbons (Fsp3) is 0.381. The number of benzene rings is 2. The van der Waals surface area contributed by atoms with Crippen LogP contribution in [0.2, 0.25) is 0 Å². The van der Waals surface area contributed by atoms with Crippen LogP contribution in [0.1, 0.15) is 30.5 Å². The molecule has 2 rings (SSSR count). The van der Waals surface area contributed by atoms with E-state index in [0.717, 1.165) is 16.7 Å². The summed E-state index contributed by atoms with van der Waals surface area (Å²) in [6, 6.07) is 9.73. The van der Waals surface area contributed by atoms with Crippen molar-refractivity contribution < 1.29 is 23.1 Å². The summed E-state index contributed by atoms with van der Waals surface area (Å²) < 4.78 is 33.3. The number of methoxy groups -OCH3 is 1. The van der Waals surface area contributed by atoms with Gasteiger partial charge in [0.25, 0.3) is 10.0 Å². The number of aliphatic hydroxyl groups is 1. The maximum Gasteiger partial charge on any atom is 0.261 e. The molecule has 0 saturated carbocycles. The van der Waals surface area contributed by atoms with Crippen molar-refractivity contribution in [2.75, 3.05) is 18.4 Å². The molecule has 29 heavy (non-hydrogen) atoms. The first-order chi connectivity index (χ1) is 13.5. The smallest absolute Gasteiger partial charge is 0.261 e. The lowest BCUT2D eigenvalue weighted by Gasteiger charge is -2.23. The van der Waals surface area contributed by atoms with E-state index in [-0.39, 0.29) is 23.8 Å². The summed E-state index contributed by atoms with van der Waals surface area (Å²) in [4.78, 5) is 12.2. The maximum absolute atomic E-state index is 12.7. The summed E-state index contributed by atoms with van der Waals surface area (Å²) in [5.41, 5.74) is 1.91. The minimum absolute atomic E-state index is 0.132. The van der Waals surface area contributed by atoms with Gasteiger partial charge in [0.15, 0.2) is 0 Å². The largest absolute Gasteiger partial charge is 0.496 e. The third-order valence-corrected chi connectivity index (χ3v) is 5.75. The van der Waals surface area contributed by atoms with Gasteiger partial charge in [-0.2, -0.15) is 0 Å². The number of hydrogen-bond donors (Lipinski definition) is 3. The number of hydrogen-bond acceptors (Lipinski definition) is 5. The highest BCUT2D eigenvalue weighted by molar-refractivity contribution is 7.92. The standard InChI is InChI=1S/C21H28N2O5S/c1-14-10-18(11-15(2)20(14)28-5)29(26,27)23-17-8-6-16(7-9-17)12-19(25)22-21(3,4)13-24/h6-11,23-24H,12-13H2,1-5H3,(H,22,25). The Labute approximate surface area is 172 Å². The van der Waals surface area contributed by atoms with Gasteiger partial charge in [-0.25, -0.2) is 8.42 Å². The van der Waals surface area contributed by atoms with Crippen LogP contribution in [0, 0.1) is 13.8 Å². The molecule has 0 aliphatic rings. The number of carbonyl (C=O) groups excluding carboxylic acids is 1. The molecule has 0 atom stereocenters. The van der Waals surface area contributed by atoms with Crippen LogP contribution in [0.15, 0.2) is 41.3 Å². The van der Waals surface area contributed by atoms with E-state index in [1.807, 2.05) is 0 Å². The normalized spacial score (nSPS) is 11.8. The van der Waals surface area contributed by atoms with Crippen LogP contribution in [0.4, 0.5) is 5.69 Å². The second-order valence-corrected chi connectivity index (χ2v) is 9.34. The summed E-state index contributed by atoms with van der Waals surface area (Å²) in [5, 5.41) is 12.0. The predicted molar refractivity (Wildman–Crippen MR) is 113 cm³/mol. The van der Waals surface area contributed by atoms with Crippen LogP contribution in [-0.2, 0) is 21.2 Å². The summed E-state index contributed by atoms with van der Waals surface area (Å²) in [5.74, 6) is 0.442. The lowest BCUT2D eigenvalue weighted by Crippen LogP contribution is -2.46. The Bertz CT molecular complexity index is 960. The zero-order chi connectivity index (χ0) is 21.8. The maximum atomic E-state index is 12.7. The summed E-state index contributed by atoms with van der Waals surface area (Å²) >= 11 is 0. The molecule has 0 aliphatic carbocycles. The summed E-state index contributed by atoms with van der Waals surface area (Å²) in [6.07, 6.45) is 0.132. The number of aliphatic hydroxyl groups excluding tert-OH is 1. The first-order valence-corrected chi connectivity index (χ1v) is 10.6. The number of aryl methyl sites for hydroxylation is 2. The molecular formula is C21H28N2O5S. The van der Waals surface area contributed by atoms with Crippen molar-refractivity contribution in [1.82, 2.24) is 5.32 Å². The monoisotopic (exact) mass is 420 g/mol. The number of rotatable bonds is 8. The predicted octanol–water partition coefficient (Wildman–Crippen LogP) is 2.54. The first-order valence-electron chi connectivity index (χ1n) is 9.16. The molecular weight excluding hydrogens is 392 g/mol. The first kappa shape index (κ1) is 22.7. The number of ether oxygens (including phenoxy) is 1. The highest BCUT2D eigenvalue weighted by Gasteiger charge is 2.20. The summed E-state index contributed by atoms with van der Waals surface area (Å²) in [7, 11) is -2.21. The van der Waals surface area contributed by atoms with Crippen molar-refractivity contribution >= 4 is 21.6 Å². The number of amides is 1. The summed E-state index contributed by atoms with van der Waals surface area (Å²) in [6.45, 7) is 6.88. The number of carbonyl (C=O) groups is 1. The second-order valence-electron chi connectivity index (χ2n) is 7.66. The molecule has 1 amide bonds. The van der Waals surface area contributed by atoms with E-state index < -0.39 is 15.6 Å². The molecule has 0 aromatic heterocycles. The molecule has 3 N–H and O–H groups in total. The van der Waals surface area contributed by atoms with E-state index in [1.165, 1.54) is 0 Å². The quantitative estimate of drug-likeness (QED) is 0.609. The van der Waals surface area contributed by atoms with Gasteiger partial charge in [0.05, 0.1) is 30.6 Å². The molecule has 7 nitrogen and oxygen atoms in total. The van der Waals surface area contributed by atoms with Crippen LogP contribution in [0.5, 0.6) is 5.75 Å². The fourth-order valence-electron chi connectivity index (χ4n) is 2.94. The van der Waals surface area contributed by atoms with E-state index in [0.29, 0.717) is 11.4 Å². The van der Waals surface area contributed by atoms with Crippen molar-refractivity contribution in [3.8, 4) is 5.75 Å². The molecule has 0 radical (unpaired) electrons. The van der Waals surface area contributed by atoms with Crippen LogP contribution in [-0.4, -0.2) is 38.7 Å². The average molecular weight is 421 g/mol. The highest BCUT2D eigenvalue weighted by Crippen LogP contribution is 2.27. The molecule has 0 bridgehead atoms. The highest BCUT2D eigenvalue weighted by atomic mass is 32.2. The number of anilines is 1. The van der Waals surface area contributed by atoms with Gasteiger partial charge < -0.3 is 15.2 Å². The average Bonchev–Trinajstić information content (AvgIpc) is 2.62. The van der Waals surface area contributed by atoms with E-state index in [2.05, 4.69) is 10.0 Å². The van der Waals surface area contributed by atoms with Gasteiger partial charge >= 0.3 is 0 Å². The molecule has 158 valence electrons. The van der Waals surface area contributed by atoms with Gasteiger partial charge in [0.1, 0.15) is 5.75 Å². The molecule has 0 unspecified atom stereocenters. The zero-order valence-electron chi connectivity index (χ0n) is 17.4. The number of sulfonamides is 1. The third kappa shape index (κ3) is 5.95. The van der Waals surface area contributed by atoms with Crippen LogP contribution in [0.3, 0.4) is 0 Å². The van der Waals surface area contributed by atoms with E-state index in [1.54, 1.807) is 71.2 Å². The van der Waals surface area contributed by atoms with Crippen molar-refractivity contribution in [3.05, 3.63) is 53.1 Å². The van der Waals surface area contributed by atoms with Crippen molar-refractivity contribution in [2.45, 2.75) is 44.6 Å². The van der Waals surface area contributed by atoms with Gasteiger partial charge in [-0.15, -0.1) is 0 Å². The molecule has 2 aromatic carbocycles. The van der Waals surface area contributed by atoms with Crippen LogP contribution in [0.25, 0.3) is 0 Å². The minimum atomic E-state index is -3.76. The number of nitrogens with one attached hydrogen (secondary N) is 2. The van der Waals surface area contributed by atoms with Gasteiger partial charge in [-0.05, 0) is 68.7 Å². The SMILES string of the molecule is COc1c(C)cc(S(=O)(=O)Nc2ccc(CC(=O)NC(C)(C)CO)cc2)cc1C. The molecule has 0 saturated heterocycles. The Balaban J connectivity index is 2.12. The molecule has 8 heteroatoms. The van der Waals surface area contributed by atoms with Crippen molar-refractivity contribution in [1.29, 1.82) is 0 Å². The molecule has 0 spiro atoms. The zero-order valence-corrected chi connectivity index (χ0v) is 18.2. The lowest BCUT2D eigenvalue weighted by molar-refractivity contribution is -0.122. The Kier molecular flexibility index (Phi) is 6.92. The fourth-order valence-corrected chi connectivity index (χ4v) is 4.17. The van der Waals surface area contributed by atoms with E-state index in [4.69, 9.17) is 4.74 Å². The second kappa shape index (κ2) is 8.84. The van der Waals surface area contributed by atoms with Crippen LogP contribution >= 0.6 is 0 Å². The van der Waals surface area contributed by atoms with Gasteiger partial charge in [0, 0.05) is 5.69 Å². The topological polar surface area (TPSA) is 105 Å². The van der Waals surface area contributed by atoms with Crippen molar-refractivity contribution in [3.63, 3.8) is 0 Å². The Morgan fingerprint density at radius 1 is 1.10 bits per heavy atom. The Morgan fingerprint density at radius 3 is 2.14 bits per heavy atom. The molecule has 0 heterocycles. The minimum Gasteiger partial charge on any atom is -0.496 e. The van der Waals surface area contributed by atoms with Crippen molar-refractivity contribution in [2.24, 2.45) is 0 Å². The molecule has 0 aliphatic heterocycles. The molecule has 0 fully saturated rings. The van der Waals surface area contributed by atoms with E-state index in [9.17, 15) is 18.3 Å². The Hall–Kier alpha value is -2.58. The van der Waals surface area contributed by atoms with Gasteiger partial charge in [-0.1, -0.05) is 12.1 Å². The van der Waals surface area contributed by atoms with Gasteiger partial charge in [0.2, 0.25) is 5.91 Å². The van der Waals surface area contributed by atoms with E-state index >= 15 is 0 Å². The molecule has 2 aromatic rings. The third-order valence-electron chi connectivity index (χ3n) is 4.39. The lowest BCUT2D eigenvalue weighted by atomic mass is 10.1. The van der Waals surface area contributed by atoms with Gasteiger partial charge in [-0.3, -0.25) is 9.52 Å².